The molecule has 0 bridgehead atoms. The molecule has 1 N–H and O–H groups in total. The molecule has 1 atom stereocenters. The number of furan rings is 1. The van der Waals surface area contributed by atoms with E-state index in [0.29, 0.717) is 11.1 Å². The summed E-state index contributed by atoms with van der Waals surface area (Å²) >= 11 is 3.31. The zero-order valence-corrected chi connectivity index (χ0v) is 11.3. The van der Waals surface area contributed by atoms with E-state index in [1.807, 2.05) is 13.1 Å². The molecule has 0 spiro atoms. The van der Waals surface area contributed by atoms with Crippen molar-refractivity contribution < 1.29 is 13.2 Å². The van der Waals surface area contributed by atoms with Crippen molar-refractivity contribution in [2.24, 2.45) is 0 Å². The Morgan fingerprint density at radius 2 is 2.06 bits per heavy atom. The Bertz CT molecular complexity index is 542. The van der Waals surface area contributed by atoms with Crippen LogP contribution >= 0.6 is 15.9 Å². The second kappa shape index (κ2) is 5.63. The van der Waals surface area contributed by atoms with Crippen LogP contribution in [0, 0.1) is 11.6 Å². The van der Waals surface area contributed by atoms with E-state index < -0.39 is 11.6 Å². The van der Waals surface area contributed by atoms with Gasteiger partial charge in [0.25, 0.3) is 0 Å². The fourth-order valence-corrected chi connectivity index (χ4v) is 2.34. The molecule has 2 aromatic rings. The lowest BCUT2D eigenvalue weighted by Gasteiger charge is -2.15. The molecular formula is C13H12BrF2NO. The summed E-state index contributed by atoms with van der Waals surface area (Å²) in [6, 6.07) is 5.75. The van der Waals surface area contributed by atoms with Crippen LogP contribution in [0.4, 0.5) is 8.78 Å². The second-order valence-corrected chi connectivity index (χ2v) is 4.66. The number of benzene rings is 1. The topological polar surface area (TPSA) is 25.2 Å². The lowest BCUT2D eigenvalue weighted by Crippen LogP contribution is -2.18. The fraction of sp³-hybridized carbons (Fsp3) is 0.231. The maximum Gasteiger partial charge on any atom is 0.173 e. The van der Waals surface area contributed by atoms with Crippen molar-refractivity contribution in [1.82, 2.24) is 5.32 Å². The van der Waals surface area contributed by atoms with Gasteiger partial charge in [-0.1, -0.05) is 6.07 Å². The monoisotopic (exact) mass is 315 g/mol. The first-order valence-corrected chi connectivity index (χ1v) is 6.25. The first-order chi connectivity index (χ1) is 8.61. The van der Waals surface area contributed by atoms with E-state index in [0.717, 1.165) is 17.2 Å². The van der Waals surface area contributed by atoms with E-state index in [1.54, 1.807) is 12.3 Å². The molecule has 0 radical (unpaired) electrons. The van der Waals surface area contributed by atoms with Crippen molar-refractivity contribution in [1.29, 1.82) is 0 Å². The summed E-state index contributed by atoms with van der Waals surface area (Å²) in [4.78, 5) is 0. The van der Waals surface area contributed by atoms with Gasteiger partial charge in [0, 0.05) is 11.6 Å². The number of hydrogen-bond acceptors (Lipinski definition) is 2. The van der Waals surface area contributed by atoms with Gasteiger partial charge in [-0.2, -0.15) is 0 Å². The Labute approximate surface area is 112 Å². The minimum absolute atomic E-state index is 0.0250. The van der Waals surface area contributed by atoms with Crippen molar-refractivity contribution in [3.63, 3.8) is 0 Å². The molecule has 2 rings (SSSR count). The molecule has 0 aliphatic rings. The molecule has 5 heteroatoms. The predicted molar refractivity (Wildman–Crippen MR) is 68.3 cm³/mol. The van der Waals surface area contributed by atoms with E-state index in [4.69, 9.17) is 4.42 Å². The summed E-state index contributed by atoms with van der Waals surface area (Å²) in [5.74, 6) is -1.65. The first-order valence-electron chi connectivity index (χ1n) is 5.46. The van der Waals surface area contributed by atoms with Gasteiger partial charge in [-0.25, -0.2) is 8.78 Å². The van der Waals surface area contributed by atoms with Gasteiger partial charge >= 0.3 is 0 Å². The molecule has 2 nitrogen and oxygen atoms in total. The summed E-state index contributed by atoms with van der Waals surface area (Å²) in [5.41, 5.74) is 1.67. The highest BCUT2D eigenvalue weighted by Crippen LogP contribution is 2.27. The molecule has 1 unspecified atom stereocenters. The second-order valence-electron chi connectivity index (χ2n) is 3.94. The zero-order chi connectivity index (χ0) is 13.1. The van der Waals surface area contributed by atoms with Gasteiger partial charge in [-0.3, -0.25) is 0 Å². The largest absolute Gasteiger partial charge is 0.457 e. The number of hydrogen-bond donors (Lipinski definition) is 1. The van der Waals surface area contributed by atoms with Gasteiger partial charge in [0.2, 0.25) is 0 Å². The first kappa shape index (κ1) is 13.2. The molecule has 0 aliphatic heterocycles. The smallest absolute Gasteiger partial charge is 0.173 e. The standard InChI is InChI=1S/C13H12BrF2NO/c1-17-12(9-4-5-18-13(9)14)7-8-2-3-10(15)11(16)6-8/h2-6,12,17H,7H2,1H3. The van der Waals surface area contributed by atoms with Crippen LogP contribution in [0.15, 0.2) is 39.6 Å². The lowest BCUT2D eigenvalue weighted by atomic mass is 10.0. The fourth-order valence-electron chi connectivity index (χ4n) is 1.82. The molecule has 0 aliphatic carbocycles. The number of rotatable bonds is 4. The predicted octanol–water partition coefficient (Wildman–Crippen LogP) is 3.82. The maximum atomic E-state index is 13.1. The molecule has 96 valence electrons. The highest BCUT2D eigenvalue weighted by Gasteiger charge is 2.16. The third-order valence-electron chi connectivity index (χ3n) is 2.79. The molecule has 1 heterocycles. The number of nitrogens with one attached hydrogen (secondary N) is 1. The molecule has 0 amide bonds. The Morgan fingerprint density at radius 1 is 1.28 bits per heavy atom. The molecular weight excluding hydrogens is 304 g/mol. The van der Waals surface area contributed by atoms with Gasteiger partial charge in [0.1, 0.15) is 0 Å². The third kappa shape index (κ3) is 2.79. The van der Waals surface area contributed by atoms with Crippen LogP contribution in [0.25, 0.3) is 0 Å². The van der Waals surface area contributed by atoms with Crippen LogP contribution in [-0.2, 0) is 6.42 Å². The minimum Gasteiger partial charge on any atom is -0.457 e. The Kier molecular flexibility index (Phi) is 4.14. The molecule has 0 saturated carbocycles. The average Bonchev–Trinajstić information content (AvgIpc) is 2.77. The summed E-state index contributed by atoms with van der Waals surface area (Å²) < 4.78 is 31.8. The van der Waals surface area contributed by atoms with Crippen LogP contribution in [0.3, 0.4) is 0 Å². The van der Waals surface area contributed by atoms with Gasteiger partial charge < -0.3 is 9.73 Å². The normalized spacial score (nSPS) is 12.7. The summed E-state index contributed by atoms with van der Waals surface area (Å²) in [7, 11) is 1.81. The highest BCUT2D eigenvalue weighted by molar-refractivity contribution is 9.10. The molecule has 0 fully saturated rings. The molecule has 0 saturated heterocycles. The Hall–Kier alpha value is -1.20. The van der Waals surface area contributed by atoms with E-state index >= 15 is 0 Å². The summed E-state index contributed by atoms with van der Waals surface area (Å²) in [6.45, 7) is 0. The van der Waals surface area contributed by atoms with Crippen molar-refractivity contribution in [2.45, 2.75) is 12.5 Å². The van der Waals surface area contributed by atoms with Gasteiger partial charge in [-0.15, -0.1) is 0 Å². The van der Waals surface area contributed by atoms with Crippen molar-refractivity contribution >= 4 is 15.9 Å². The van der Waals surface area contributed by atoms with Crippen LogP contribution in [0.1, 0.15) is 17.2 Å². The Morgan fingerprint density at radius 3 is 2.61 bits per heavy atom. The summed E-state index contributed by atoms with van der Waals surface area (Å²) in [5, 5.41) is 3.12. The van der Waals surface area contributed by atoms with E-state index in [2.05, 4.69) is 21.2 Å². The number of likely N-dealkylation sites (N-methyl/N-ethyl adjacent to an activating group) is 1. The quantitative estimate of drug-likeness (QED) is 0.927. The lowest BCUT2D eigenvalue weighted by molar-refractivity contribution is 0.501. The molecule has 18 heavy (non-hydrogen) atoms. The average molecular weight is 316 g/mol. The minimum atomic E-state index is -0.829. The van der Waals surface area contributed by atoms with Crippen LogP contribution in [0.5, 0.6) is 0 Å². The van der Waals surface area contributed by atoms with Gasteiger partial charge in [0.05, 0.1) is 6.26 Å². The van der Waals surface area contributed by atoms with Crippen molar-refractivity contribution in [3.05, 3.63) is 58.0 Å². The van der Waals surface area contributed by atoms with Crippen LogP contribution in [-0.4, -0.2) is 7.05 Å². The molecule has 1 aromatic heterocycles. The van der Waals surface area contributed by atoms with E-state index in [-0.39, 0.29) is 6.04 Å². The molecule has 1 aromatic carbocycles. The van der Waals surface area contributed by atoms with Crippen molar-refractivity contribution in [3.8, 4) is 0 Å². The van der Waals surface area contributed by atoms with Gasteiger partial charge in [0.15, 0.2) is 16.3 Å². The van der Waals surface area contributed by atoms with Crippen LogP contribution < -0.4 is 5.32 Å². The van der Waals surface area contributed by atoms with E-state index in [1.165, 1.54) is 6.07 Å². The summed E-state index contributed by atoms with van der Waals surface area (Å²) in [6.07, 6.45) is 2.13. The maximum absolute atomic E-state index is 13.1. The number of halogens is 3. The Balaban J connectivity index is 2.20. The SMILES string of the molecule is CNC(Cc1ccc(F)c(F)c1)c1ccoc1Br. The highest BCUT2D eigenvalue weighted by atomic mass is 79.9. The zero-order valence-electron chi connectivity index (χ0n) is 9.71. The van der Waals surface area contributed by atoms with Gasteiger partial charge in [-0.05, 0) is 53.2 Å². The van der Waals surface area contributed by atoms with Crippen molar-refractivity contribution in [2.75, 3.05) is 7.05 Å². The van der Waals surface area contributed by atoms with Crippen LogP contribution in [0.2, 0.25) is 0 Å². The third-order valence-corrected chi connectivity index (χ3v) is 3.44. The van der Waals surface area contributed by atoms with E-state index in [9.17, 15) is 8.78 Å².